The molecule has 4 rings (SSSR count). The van der Waals surface area contributed by atoms with Gasteiger partial charge in [-0.2, -0.15) is 4.98 Å². The van der Waals surface area contributed by atoms with Gasteiger partial charge in [0.1, 0.15) is 0 Å². The topological polar surface area (TPSA) is 71.7 Å². The van der Waals surface area contributed by atoms with Gasteiger partial charge in [-0.3, -0.25) is 9.69 Å². The van der Waals surface area contributed by atoms with Crippen LogP contribution < -0.4 is 0 Å². The third-order valence-electron chi connectivity index (χ3n) is 5.03. The Morgan fingerprint density at radius 1 is 1.09 bits per heavy atom. The molecule has 2 saturated heterocycles. The van der Waals surface area contributed by atoms with E-state index in [4.69, 9.17) is 9.26 Å². The molecule has 0 radical (unpaired) electrons. The zero-order valence-electron chi connectivity index (χ0n) is 13.4. The Kier molecular flexibility index (Phi) is 4.31. The van der Waals surface area contributed by atoms with Crippen molar-refractivity contribution in [2.45, 2.75) is 38.1 Å². The fraction of sp³-hybridized carbons (Fsp3) is 0.812. The molecule has 0 N–H and O–H groups in total. The summed E-state index contributed by atoms with van der Waals surface area (Å²) < 4.78 is 10.6. The van der Waals surface area contributed by atoms with E-state index < -0.39 is 0 Å². The predicted molar refractivity (Wildman–Crippen MR) is 81.7 cm³/mol. The number of ether oxygens (including phenoxy) is 1. The fourth-order valence-electron chi connectivity index (χ4n) is 3.41. The number of nitrogens with zero attached hydrogens (tertiary/aromatic N) is 4. The lowest BCUT2D eigenvalue weighted by Gasteiger charge is -2.35. The van der Waals surface area contributed by atoms with Gasteiger partial charge in [-0.15, -0.1) is 0 Å². The van der Waals surface area contributed by atoms with Crippen LogP contribution in [0.4, 0.5) is 0 Å². The molecule has 126 valence electrons. The number of carbonyl (C=O) groups is 1. The van der Waals surface area contributed by atoms with Gasteiger partial charge in [0.15, 0.2) is 5.82 Å². The van der Waals surface area contributed by atoms with Crippen molar-refractivity contribution in [3.05, 3.63) is 11.7 Å². The molecule has 0 bridgehead atoms. The van der Waals surface area contributed by atoms with Gasteiger partial charge in [-0.05, 0) is 38.8 Å². The van der Waals surface area contributed by atoms with Crippen LogP contribution in [-0.4, -0.2) is 65.2 Å². The molecule has 3 aliphatic rings. The summed E-state index contributed by atoms with van der Waals surface area (Å²) in [5.74, 6) is 2.57. The Morgan fingerprint density at radius 3 is 2.52 bits per heavy atom. The quantitative estimate of drug-likeness (QED) is 0.825. The first kappa shape index (κ1) is 15.1. The van der Waals surface area contributed by atoms with Gasteiger partial charge in [0, 0.05) is 24.9 Å². The van der Waals surface area contributed by atoms with Crippen molar-refractivity contribution in [1.82, 2.24) is 19.9 Å². The first-order chi connectivity index (χ1) is 11.3. The van der Waals surface area contributed by atoms with Crippen LogP contribution in [0.25, 0.3) is 0 Å². The second-order valence-electron chi connectivity index (χ2n) is 6.81. The first-order valence-corrected chi connectivity index (χ1v) is 8.71. The second-order valence-corrected chi connectivity index (χ2v) is 6.81. The second kappa shape index (κ2) is 6.57. The summed E-state index contributed by atoms with van der Waals surface area (Å²) in [6.07, 6.45) is 4.19. The number of amides is 1. The normalized spacial score (nSPS) is 24.1. The fourth-order valence-corrected chi connectivity index (χ4v) is 3.41. The number of hydrogen-bond donors (Lipinski definition) is 0. The van der Waals surface area contributed by atoms with Gasteiger partial charge in [0.05, 0.1) is 19.8 Å². The highest BCUT2D eigenvalue weighted by molar-refractivity contribution is 5.79. The van der Waals surface area contributed by atoms with Crippen molar-refractivity contribution < 1.29 is 14.1 Å². The van der Waals surface area contributed by atoms with Gasteiger partial charge in [0.2, 0.25) is 11.8 Å². The van der Waals surface area contributed by atoms with Crippen LogP contribution in [0, 0.1) is 5.92 Å². The first-order valence-electron chi connectivity index (χ1n) is 8.71. The highest BCUT2D eigenvalue weighted by Gasteiger charge is 2.31. The summed E-state index contributed by atoms with van der Waals surface area (Å²) >= 11 is 0. The molecule has 0 aromatic carbocycles. The van der Waals surface area contributed by atoms with Crippen molar-refractivity contribution in [3.8, 4) is 0 Å². The number of carbonyl (C=O) groups excluding carboxylic acids is 1. The molecule has 1 aromatic heterocycles. The van der Waals surface area contributed by atoms with Gasteiger partial charge >= 0.3 is 0 Å². The zero-order chi connectivity index (χ0) is 15.6. The van der Waals surface area contributed by atoms with Gasteiger partial charge in [-0.1, -0.05) is 5.16 Å². The summed E-state index contributed by atoms with van der Waals surface area (Å²) in [6, 6.07) is 0. The number of piperidine rings is 1. The van der Waals surface area contributed by atoms with E-state index in [9.17, 15) is 4.79 Å². The van der Waals surface area contributed by atoms with E-state index in [0.717, 1.165) is 57.3 Å². The van der Waals surface area contributed by atoms with Crippen LogP contribution >= 0.6 is 0 Å². The van der Waals surface area contributed by atoms with E-state index in [1.807, 2.05) is 4.90 Å². The summed E-state index contributed by atoms with van der Waals surface area (Å²) in [4.78, 5) is 21.3. The maximum absolute atomic E-state index is 12.5. The zero-order valence-corrected chi connectivity index (χ0v) is 13.4. The lowest BCUT2D eigenvalue weighted by atomic mass is 9.95. The van der Waals surface area contributed by atoms with E-state index >= 15 is 0 Å². The lowest BCUT2D eigenvalue weighted by molar-refractivity contribution is -0.141. The summed E-state index contributed by atoms with van der Waals surface area (Å²) in [7, 11) is 0. The highest BCUT2D eigenvalue weighted by Crippen LogP contribution is 2.38. The average molecular weight is 320 g/mol. The third kappa shape index (κ3) is 3.55. The lowest BCUT2D eigenvalue weighted by Crippen LogP contribution is -2.46. The number of aromatic nitrogens is 2. The maximum Gasteiger partial charge on any atom is 0.229 e. The summed E-state index contributed by atoms with van der Waals surface area (Å²) in [6.45, 7) is 5.41. The Labute approximate surface area is 136 Å². The van der Waals surface area contributed by atoms with Crippen LogP contribution in [0.5, 0.6) is 0 Å². The summed E-state index contributed by atoms with van der Waals surface area (Å²) in [5, 5.41) is 4.08. The van der Waals surface area contributed by atoms with E-state index in [2.05, 4.69) is 15.0 Å². The molecule has 1 aromatic rings. The van der Waals surface area contributed by atoms with Gasteiger partial charge < -0.3 is 14.2 Å². The maximum atomic E-state index is 12.5. The molecule has 23 heavy (non-hydrogen) atoms. The standard InChI is InChI=1S/C16H24N4O3/c21-16(20-7-9-22-10-8-20)13-3-5-19(6-4-13)11-14-17-15(23-18-14)12-1-2-12/h12-13H,1-11H2. The molecular formula is C16H24N4O3. The van der Waals surface area contributed by atoms with E-state index in [-0.39, 0.29) is 5.92 Å². The number of hydrogen-bond acceptors (Lipinski definition) is 6. The minimum absolute atomic E-state index is 0.164. The summed E-state index contributed by atoms with van der Waals surface area (Å²) in [5.41, 5.74) is 0. The van der Waals surface area contributed by atoms with Gasteiger partial charge in [0.25, 0.3) is 0 Å². The molecular weight excluding hydrogens is 296 g/mol. The molecule has 3 heterocycles. The Bertz CT molecular complexity index is 543. The van der Waals surface area contributed by atoms with Crippen LogP contribution in [0.15, 0.2) is 4.52 Å². The molecule has 0 spiro atoms. The predicted octanol–water partition coefficient (Wildman–Crippen LogP) is 1.02. The van der Waals surface area contributed by atoms with Crippen molar-refractivity contribution >= 4 is 5.91 Å². The molecule has 2 aliphatic heterocycles. The molecule has 7 nitrogen and oxygen atoms in total. The smallest absolute Gasteiger partial charge is 0.229 e. The average Bonchev–Trinajstić information content (AvgIpc) is 3.36. The molecule has 0 unspecified atom stereocenters. The highest BCUT2D eigenvalue weighted by atomic mass is 16.5. The van der Waals surface area contributed by atoms with Crippen molar-refractivity contribution in [3.63, 3.8) is 0 Å². The van der Waals surface area contributed by atoms with Crippen LogP contribution in [-0.2, 0) is 16.1 Å². The van der Waals surface area contributed by atoms with Crippen LogP contribution in [0.3, 0.4) is 0 Å². The van der Waals surface area contributed by atoms with E-state index in [1.165, 1.54) is 12.8 Å². The Hall–Kier alpha value is -1.47. The van der Waals surface area contributed by atoms with E-state index in [1.54, 1.807) is 0 Å². The number of morpholine rings is 1. The molecule has 1 aliphatic carbocycles. The molecule has 1 saturated carbocycles. The van der Waals surface area contributed by atoms with Crippen LogP contribution in [0.1, 0.15) is 43.3 Å². The van der Waals surface area contributed by atoms with Crippen molar-refractivity contribution in [1.29, 1.82) is 0 Å². The minimum atomic E-state index is 0.164. The van der Waals surface area contributed by atoms with Crippen molar-refractivity contribution in [2.24, 2.45) is 5.92 Å². The Morgan fingerprint density at radius 2 is 1.83 bits per heavy atom. The molecule has 7 heteroatoms. The SMILES string of the molecule is O=C(C1CCN(Cc2noc(C3CC3)n2)CC1)N1CCOCC1. The molecule has 0 atom stereocenters. The molecule has 1 amide bonds. The van der Waals surface area contributed by atoms with Crippen molar-refractivity contribution in [2.75, 3.05) is 39.4 Å². The van der Waals surface area contributed by atoms with E-state index in [0.29, 0.717) is 25.0 Å². The third-order valence-corrected chi connectivity index (χ3v) is 5.03. The number of likely N-dealkylation sites (tertiary alicyclic amines) is 1. The minimum Gasteiger partial charge on any atom is -0.378 e. The number of rotatable bonds is 4. The van der Waals surface area contributed by atoms with Gasteiger partial charge in [-0.25, -0.2) is 0 Å². The molecule has 3 fully saturated rings. The monoisotopic (exact) mass is 320 g/mol. The van der Waals surface area contributed by atoms with Crippen LogP contribution in [0.2, 0.25) is 0 Å². The Balaban J connectivity index is 1.25. The largest absolute Gasteiger partial charge is 0.378 e.